The number of hydrogen-bond donors (Lipinski definition) is 0. The summed E-state index contributed by atoms with van der Waals surface area (Å²) in [4.78, 5) is 2.76. The number of para-hydroxylation sites is 1. The quantitative estimate of drug-likeness (QED) is 0.128. The molecule has 0 aliphatic rings. The number of benzene rings is 1. The summed E-state index contributed by atoms with van der Waals surface area (Å²) in [6.45, 7) is 9.42. The Hall–Kier alpha value is -0.980. The minimum atomic E-state index is 1.25. The third-order valence-electron chi connectivity index (χ3n) is 7.45. The first-order valence-corrected chi connectivity index (χ1v) is 15.7. The molecule has 1 heteroatoms. The van der Waals surface area contributed by atoms with Gasteiger partial charge in [0.25, 0.3) is 0 Å². The van der Waals surface area contributed by atoms with Crippen LogP contribution in [0.5, 0.6) is 0 Å². The summed E-state index contributed by atoms with van der Waals surface area (Å²) in [6.07, 6.45) is 30.6. The Morgan fingerprint density at radius 1 is 0.441 bits per heavy atom. The van der Waals surface area contributed by atoms with Gasteiger partial charge < -0.3 is 4.90 Å². The lowest BCUT2D eigenvalue weighted by atomic mass is 10.0. The number of hydrogen-bond acceptors (Lipinski definition) is 1. The van der Waals surface area contributed by atoms with Crippen LogP contribution in [0.15, 0.2) is 24.3 Å². The van der Waals surface area contributed by atoms with Gasteiger partial charge in [0, 0.05) is 18.8 Å². The lowest BCUT2D eigenvalue weighted by Gasteiger charge is -2.27. The molecule has 0 aliphatic heterocycles. The SMILES string of the molecule is CCCCCCCCCc1ccccc1N(CCCCCCCCC)CCCCCCCCC. The van der Waals surface area contributed by atoms with E-state index in [0.717, 1.165) is 0 Å². The molecular weight excluding hydrogens is 410 g/mol. The first-order valence-electron chi connectivity index (χ1n) is 15.7. The average Bonchev–Trinajstić information content (AvgIpc) is 2.86. The van der Waals surface area contributed by atoms with Crippen molar-refractivity contribution in [2.24, 2.45) is 0 Å². The minimum absolute atomic E-state index is 1.25. The van der Waals surface area contributed by atoms with Crippen LogP contribution in [0, 0.1) is 0 Å². The molecule has 1 nitrogen and oxygen atoms in total. The summed E-state index contributed by atoms with van der Waals surface area (Å²) < 4.78 is 0. The van der Waals surface area contributed by atoms with E-state index < -0.39 is 0 Å². The summed E-state index contributed by atoms with van der Waals surface area (Å²) in [5.41, 5.74) is 3.15. The summed E-state index contributed by atoms with van der Waals surface area (Å²) >= 11 is 0. The molecule has 34 heavy (non-hydrogen) atoms. The number of aryl methyl sites for hydroxylation is 1. The van der Waals surface area contributed by atoms with Crippen molar-refractivity contribution in [1.82, 2.24) is 0 Å². The molecule has 0 amide bonds. The van der Waals surface area contributed by atoms with Crippen LogP contribution in [0.25, 0.3) is 0 Å². The second-order valence-electron chi connectivity index (χ2n) is 10.7. The Labute approximate surface area is 215 Å². The van der Waals surface area contributed by atoms with Crippen molar-refractivity contribution in [3.8, 4) is 0 Å². The van der Waals surface area contributed by atoms with Gasteiger partial charge in [0.1, 0.15) is 0 Å². The molecule has 0 unspecified atom stereocenters. The number of rotatable bonds is 25. The molecule has 0 fully saturated rings. The van der Waals surface area contributed by atoms with Crippen molar-refractivity contribution in [2.75, 3.05) is 18.0 Å². The summed E-state index contributed by atoms with van der Waals surface area (Å²) in [6, 6.07) is 9.36. The van der Waals surface area contributed by atoms with Gasteiger partial charge in [0.2, 0.25) is 0 Å². The van der Waals surface area contributed by atoms with E-state index in [1.165, 1.54) is 154 Å². The minimum Gasteiger partial charge on any atom is -0.371 e. The van der Waals surface area contributed by atoms with Crippen LogP contribution in [0.1, 0.15) is 161 Å². The first-order chi connectivity index (χ1) is 16.8. The van der Waals surface area contributed by atoms with E-state index in [-0.39, 0.29) is 0 Å². The number of anilines is 1. The molecule has 0 radical (unpaired) electrons. The van der Waals surface area contributed by atoms with Crippen LogP contribution in [0.3, 0.4) is 0 Å². The third-order valence-corrected chi connectivity index (χ3v) is 7.45. The highest BCUT2D eigenvalue weighted by molar-refractivity contribution is 5.53. The fourth-order valence-electron chi connectivity index (χ4n) is 5.18. The Bertz CT molecular complexity index is 519. The third kappa shape index (κ3) is 16.6. The van der Waals surface area contributed by atoms with Crippen LogP contribution < -0.4 is 4.90 Å². The number of unbranched alkanes of at least 4 members (excludes halogenated alkanes) is 18. The van der Waals surface area contributed by atoms with Gasteiger partial charge >= 0.3 is 0 Å². The molecule has 0 spiro atoms. The molecular formula is C33H61N. The highest BCUT2D eigenvalue weighted by Crippen LogP contribution is 2.24. The molecule has 0 saturated heterocycles. The lowest BCUT2D eigenvalue weighted by Crippen LogP contribution is -2.27. The van der Waals surface area contributed by atoms with Crippen molar-refractivity contribution < 1.29 is 0 Å². The molecule has 198 valence electrons. The van der Waals surface area contributed by atoms with E-state index in [4.69, 9.17) is 0 Å². The van der Waals surface area contributed by atoms with Crippen molar-refractivity contribution in [1.29, 1.82) is 0 Å². The second kappa shape index (κ2) is 23.7. The fourth-order valence-corrected chi connectivity index (χ4v) is 5.18. The van der Waals surface area contributed by atoms with Gasteiger partial charge in [0.15, 0.2) is 0 Å². The zero-order valence-electron chi connectivity index (χ0n) is 23.7. The second-order valence-corrected chi connectivity index (χ2v) is 10.7. The molecule has 1 aromatic rings. The lowest BCUT2D eigenvalue weighted by molar-refractivity contribution is 0.562. The van der Waals surface area contributed by atoms with Crippen LogP contribution in [0.2, 0.25) is 0 Å². The van der Waals surface area contributed by atoms with E-state index in [1.807, 2.05) is 0 Å². The molecule has 0 aliphatic carbocycles. The van der Waals surface area contributed by atoms with Gasteiger partial charge in [0.05, 0.1) is 0 Å². The number of nitrogens with zero attached hydrogens (tertiary/aromatic N) is 1. The van der Waals surface area contributed by atoms with Gasteiger partial charge in [-0.3, -0.25) is 0 Å². The maximum absolute atomic E-state index is 2.76. The van der Waals surface area contributed by atoms with Gasteiger partial charge in [-0.25, -0.2) is 0 Å². The highest BCUT2D eigenvalue weighted by atomic mass is 15.1. The van der Waals surface area contributed by atoms with Crippen LogP contribution in [0.4, 0.5) is 5.69 Å². The Morgan fingerprint density at radius 3 is 1.29 bits per heavy atom. The smallest absolute Gasteiger partial charge is 0.0398 e. The topological polar surface area (TPSA) is 3.24 Å². The summed E-state index contributed by atoms with van der Waals surface area (Å²) in [5.74, 6) is 0. The van der Waals surface area contributed by atoms with Gasteiger partial charge in [-0.15, -0.1) is 0 Å². The Morgan fingerprint density at radius 2 is 0.824 bits per heavy atom. The van der Waals surface area contributed by atoms with Crippen molar-refractivity contribution in [3.63, 3.8) is 0 Å². The normalized spacial score (nSPS) is 11.3. The van der Waals surface area contributed by atoms with E-state index in [9.17, 15) is 0 Å². The van der Waals surface area contributed by atoms with E-state index >= 15 is 0 Å². The van der Waals surface area contributed by atoms with Crippen molar-refractivity contribution in [3.05, 3.63) is 29.8 Å². The Kier molecular flexibility index (Phi) is 21.7. The molecule has 0 heterocycles. The fraction of sp³-hybridized carbons (Fsp3) is 0.818. The maximum atomic E-state index is 2.76. The first kappa shape index (κ1) is 31.1. The monoisotopic (exact) mass is 471 g/mol. The molecule has 1 aromatic carbocycles. The van der Waals surface area contributed by atoms with Crippen LogP contribution >= 0.6 is 0 Å². The molecule has 0 atom stereocenters. The van der Waals surface area contributed by atoms with Crippen LogP contribution in [-0.4, -0.2) is 13.1 Å². The molecule has 0 saturated carbocycles. The summed E-state index contributed by atoms with van der Waals surface area (Å²) in [7, 11) is 0. The standard InChI is InChI=1S/C33H61N/c1-4-7-10-13-16-19-22-27-32-28-23-24-29-33(32)34(30-25-20-17-14-11-8-5-2)31-26-21-18-15-12-9-6-3/h23-24,28-29H,4-22,25-27,30-31H2,1-3H3. The zero-order chi connectivity index (χ0) is 24.5. The molecule has 0 bridgehead atoms. The van der Waals surface area contributed by atoms with Crippen molar-refractivity contribution >= 4 is 5.69 Å². The molecule has 0 N–H and O–H groups in total. The van der Waals surface area contributed by atoms with E-state index in [0.29, 0.717) is 0 Å². The Balaban J connectivity index is 2.52. The largest absolute Gasteiger partial charge is 0.371 e. The van der Waals surface area contributed by atoms with Gasteiger partial charge in [-0.1, -0.05) is 155 Å². The zero-order valence-corrected chi connectivity index (χ0v) is 23.7. The predicted octanol–water partition coefficient (Wildman–Crippen LogP) is 11.3. The van der Waals surface area contributed by atoms with Crippen molar-refractivity contribution in [2.45, 2.75) is 162 Å². The van der Waals surface area contributed by atoms with Gasteiger partial charge in [-0.2, -0.15) is 0 Å². The predicted molar refractivity (Wildman–Crippen MR) is 156 cm³/mol. The summed E-state index contributed by atoms with van der Waals surface area (Å²) in [5, 5.41) is 0. The maximum Gasteiger partial charge on any atom is 0.0398 e. The molecule has 0 aromatic heterocycles. The van der Waals surface area contributed by atoms with Gasteiger partial charge in [-0.05, 0) is 37.3 Å². The van der Waals surface area contributed by atoms with E-state index in [2.05, 4.69) is 49.9 Å². The highest BCUT2D eigenvalue weighted by Gasteiger charge is 2.11. The van der Waals surface area contributed by atoms with E-state index in [1.54, 1.807) is 11.3 Å². The molecule has 1 rings (SSSR count). The van der Waals surface area contributed by atoms with Crippen LogP contribution in [-0.2, 0) is 6.42 Å². The average molecular weight is 472 g/mol.